The van der Waals surface area contributed by atoms with Gasteiger partial charge >= 0.3 is 0 Å². The number of nitrogens with zero attached hydrogens (tertiary/aromatic N) is 1. The van der Waals surface area contributed by atoms with E-state index in [1.165, 1.54) is 36.4 Å². The molecule has 0 bridgehead atoms. The Hall–Kier alpha value is -3.56. The second-order valence-corrected chi connectivity index (χ2v) is 26.7. The van der Waals surface area contributed by atoms with Crippen LogP contribution in [0.1, 0.15) is 113 Å². The average molecular weight is 1020 g/mol. The summed E-state index contributed by atoms with van der Waals surface area (Å²) in [6.07, 6.45) is 2.56. The van der Waals surface area contributed by atoms with Crippen LogP contribution in [0.3, 0.4) is 0 Å². The Labute approximate surface area is 438 Å². The van der Waals surface area contributed by atoms with Gasteiger partial charge in [-0.15, -0.1) is 23.5 Å². The minimum absolute atomic E-state index is 0. The van der Waals surface area contributed by atoms with Gasteiger partial charge in [0, 0.05) is 88.1 Å². The summed E-state index contributed by atoms with van der Waals surface area (Å²) in [5.41, 5.74) is 4.53. The van der Waals surface area contributed by atoms with E-state index in [4.69, 9.17) is 4.74 Å². The molecule has 1 saturated heterocycles. The molecular weight excluding hydrogens is 944 g/mol. The van der Waals surface area contributed by atoms with E-state index in [-0.39, 0.29) is 71.8 Å². The molecule has 0 saturated carbocycles. The summed E-state index contributed by atoms with van der Waals surface area (Å²) in [4.78, 5) is 0.718. The van der Waals surface area contributed by atoms with Crippen LogP contribution in [0, 0.1) is 0 Å². The second kappa shape index (κ2) is 25.0. The van der Waals surface area contributed by atoms with E-state index in [9.17, 15) is 20.4 Å². The average Bonchev–Trinajstić information content (AvgIpc) is 3.90. The molecule has 6 aromatic rings. The minimum atomic E-state index is -0.602. The topological polar surface area (TPSA) is 104 Å². The summed E-state index contributed by atoms with van der Waals surface area (Å²) < 4.78 is 9.43. The summed E-state index contributed by atoms with van der Waals surface area (Å²) in [6.45, 7) is 27.6. The van der Waals surface area contributed by atoms with Crippen molar-refractivity contribution < 1.29 is 51.0 Å². The minimum Gasteiger partial charge on any atom is -0.673 e. The van der Waals surface area contributed by atoms with Crippen LogP contribution in [0.4, 0.5) is 0 Å². The van der Waals surface area contributed by atoms with E-state index < -0.39 is 21.7 Å². The number of phenols is 4. The van der Waals surface area contributed by atoms with Gasteiger partial charge in [0.15, 0.2) is 0 Å². The van der Waals surface area contributed by atoms with Crippen LogP contribution < -0.4 is 0 Å². The summed E-state index contributed by atoms with van der Waals surface area (Å²) in [5, 5.41) is 48.7. The van der Waals surface area contributed by atoms with Gasteiger partial charge in [0.25, 0.3) is 0 Å². The molecule has 0 aliphatic carbocycles. The molecule has 1 aliphatic heterocycles. The predicted molar refractivity (Wildman–Crippen MR) is 289 cm³/mol. The largest absolute Gasteiger partial charge is 0.673 e. The number of aromatic hydroxyl groups is 4. The normalized spacial score (nSPS) is 13.0. The van der Waals surface area contributed by atoms with Crippen molar-refractivity contribution in [2.45, 2.75) is 126 Å². The van der Waals surface area contributed by atoms with Gasteiger partial charge in [-0.05, 0) is 47.2 Å². The third-order valence-electron chi connectivity index (χ3n) is 12.8. The fourth-order valence-corrected chi connectivity index (χ4v) is 14.3. The number of hydrogen-bond donors (Lipinski definition) is 4. The zero-order valence-electron chi connectivity index (χ0n) is 42.3. The van der Waals surface area contributed by atoms with Crippen LogP contribution in [0.15, 0.2) is 143 Å². The van der Waals surface area contributed by atoms with Crippen LogP contribution in [-0.4, -0.2) is 56.6 Å². The Kier molecular flexibility index (Phi) is 21.0. The first kappa shape index (κ1) is 57.0. The fraction of sp³-hybridized carbons (Fsp3) is 0.368. The maximum absolute atomic E-state index is 12.1. The molecule has 1 fully saturated rings. The van der Waals surface area contributed by atoms with E-state index in [0.717, 1.165) is 35.5 Å². The predicted octanol–water partition coefficient (Wildman–Crippen LogP) is 15.3. The van der Waals surface area contributed by atoms with Gasteiger partial charge in [0.2, 0.25) is 0 Å². The van der Waals surface area contributed by atoms with Crippen LogP contribution >= 0.6 is 23.5 Å². The number of thioether (sulfide) groups is 2. The molecule has 68 heavy (non-hydrogen) atoms. The smallest absolute Gasteiger partial charge is 0.137 e. The van der Waals surface area contributed by atoms with Gasteiger partial charge in [-0.3, -0.25) is 0 Å². The zero-order valence-corrected chi connectivity index (χ0v) is 47.7. The van der Waals surface area contributed by atoms with Crippen molar-refractivity contribution in [3.8, 4) is 23.0 Å². The molecule has 359 valence electrons. The number of benzene rings is 6. The molecule has 1 aliphatic rings. The maximum atomic E-state index is 12.1. The maximum Gasteiger partial charge on any atom is 0.137 e. The van der Waals surface area contributed by atoms with Crippen LogP contribution in [-0.2, 0) is 52.2 Å². The van der Waals surface area contributed by atoms with Gasteiger partial charge in [0.1, 0.15) is 23.0 Å². The van der Waals surface area contributed by atoms with Gasteiger partial charge in [-0.1, -0.05) is 221 Å². The van der Waals surface area contributed by atoms with E-state index in [0.29, 0.717) is 32.0 Å². The molecule has 0 aromatic heterocycles. The molecule has 6 nitrogen and oxygen atoms in total. The number of phenolic OH excluding ortho intramolecular Hbond substituents is 4. The van der Waals surface area contributed by atoms with Crippen molar-refractivity contribution in [2.75, 3.05) is 18.3 Å². The molecule has 4 N–H and O–H groups in total. The zero-order chi connectivity index (χ0) is 49.2. The summed E-state index contributed by atoms with van der Waals surface area (Å²) in [7, 11) is -0.528. The number of rotatable bonds is 14. The van der Waals surface area contributed by atoms with Gasteiger partial charge in [0.05, 0.1) is 9.79 Å². The molecule has 6 aromatic carbocycles. The third-order valence-corrected chi connectivity index (χ3v) is 18.7. The van der Waals surface area contributed by atoms with E-state index in [2.05, 4.69) is 135 Å². The Morgan fingerprint density at radius 1 is 0.441 bits per heavy atom. The first-order chi connectivity index (χ1) is 31.6. The van der Waals surface area contributed by atoms with Gasteiger partial charge < -0.3 is 29.8 Å². The Bertz CT molecular complexity index is 2170. The molecule has 1 heterocycles. The fourth-order valence-electron chi connectivity index (χ4n) is 8.60. The van der Waals surface area contributed by atoms with Crippen molar-refractivity contribution >= 4 is 41.4 Å². The summed E-state index contributed by atoms with van der Waals surface area (Å²) >= 11 is 2.59. The molecule has 0 atom stereocenters. The van der Waals surface area contributed by atoms with Crippen molar-refractivity contribution in [3.63, 3.8) is 0 Å². The van der Waals surface area contributed by atoms with E-state index in [1.807, 2.05) is 84.9 Å². The van der Waals surface area contributed by atoms with Crippen molar-refractivity contribution in [1.82, 2.24) is 0 Å². The molecule has 11 heteroatoms. The summed E-state index contributed by atoms with van der Waals surface area (Å²) in [5.74, 6) is 0.0662. The Morgan fingerprint density at radius 3 is 0.853 bits per heavy atom. The first-order valence-corrected chi connectivity index (χ1v) is 30.1. The van der Waals surface area contributed by atoms with Crippen molar-refractivity contribution in [1.29, 1.82) is 0 Å². The Morgan fingerprint density at radius 2 is 0.676 bits per heavy atom. The molecular formula is C57H72NO5S2ScSi2-. The molecule has 7 rings (SSSR count). The molecule has 3 radical (unpaired) electrons. The standard InChI is InChI=1S/C49H52O4S2.C4H12NSi2.C4H8O.Sc/c1-46(2,32-21-13-9-14-22-32)36-29-37(47(3,4)33-23-15-10-16-24-33)41(51)44(40(36)50)54-31-55-45-42(52)38(48(5,6)34-25-17-11-18-26-34)30-39(43(45)53)49(7,8)35-27-19-12-20-28-35;1-6(2)5-7(3)4;1-2-4-5-3-1;/h9-30,50-53H,31H2,1-8H3;1-4H3;1-4H2;/q;-1;;. The van der Waals surface area contributed by atoms with Gasteiger partial charge in [-0.25, -0.2) is 0 Å². The molecule has 0 amide bonds. The number of ether oxygens (including phenoxy) is 1. The quantitative estimate of drug-likeness (QED) is 0.0489. The molecule has 0 spiro atoms. The van der Waals surface area contributed by atoms with Gasteiger partial charge in [-0.2, -0.15) is 0 Å². The van der Waals surface area contributed by atoms with Crippen LogP contribution in [0.5, 0.6) is 23.0 Å². The van der Waals surface area contributed by atoms with E-state index >= 15 is 0 Å². The summed E-state index contributed by atoms with van der Waals surface area (Å²) in [6, 6.07) is 44.2. The SMILES string of the molecule is C1CCOC1.CC(C)(c1ccccc1)c1cc(C(C)(C)c2ccccc2)c(O)c(SCSc2c(O)c(C(C)(C)c3ccccc3)cc(C(C)(C)c3ccccc3)c2O)c1O.C[Si](C)[N-][Si](C)C.[Sc]. The first-order valence-electron chi connectivity index (χ1n) is 23.2. The number of hydrogen-bond acceptors (Lipinski definition) is 7. The third kappa shape index (κ3) is 13.6. The van der Waals surface area contributed by atoms with Crippen molar-refractivity contribution in [2.24, 2.45) is 0 Å². The second-order valence-electron chi connectivity index (χ2n) is 19.7. The molecule has 0 unspecified atom stereocenters. The monoisotopic (exact) mass is 1020 g/mol. The van der Waals surface area contributed by atoms with Crippen molar-refractivity contribution in [3.05, 3.63) is 183 Å². The van der Waals surface area contributed by atoms with Crippen LogP contribution in [0.25, 0.3) is 4.65 Å². The Balaban J connectivity index is 0.000000681. The van der Waals surface area contributed by atoms with E-state index in [1.54, 1.807) is 0 Å². The van der Waals surface area contributed by atoms with Crippen LogP contribution in [0.2, 0.25) is 26.2 Å².